The summed E-state index contributed by atoms with van der Waals surface area (Å²) in [6.45, 7) is 21.5. The Morgan fingerprint density at radius 2 is 1.20 bits per heavy atom. The molecule has 0 bridgehead atoms. The number of aromatic amines is 2. The van der Waals surface area contributed by atoms with Crippen molar-refractivity contribution >= 4 is 5.57 Å². The maximum atomic E-state index is 3.94. The van der Waals surface area contributed by atoms with Crippen LogP contribution in [0.5, 0.6) is 0 Å². The fourth-order valence-corrected chi connectivity index (χ4v) is 7.18. The predicted molar refractivity (Wildman–Crippen MR) is 170 cm³/mol. The van der Waals surface area contributed by atoms with Crippen molar-refractivity contribution in [2.75, 3.05) is 79.5 Å². The van der Waals surface area contributed by atoms with Gasteiger partial charge in [0.2, 0.25) is 0 Å². The van der Waals surface area contributed by atoms with Crippen molar-refractivity contribution in [3.63, 3.8) is 0 Å². The molecule has 0 saturated carbocycles. The highest BCUT2D eigenvalue weighted by atomic mass is 15.2. The Hall–Kier alpha value is -1.86. The summed E-state index contributed by atoms with van der Waals surface area (Å²) in [6, 6.07) is 0. The van der Waals surface area contributed by atoms with Gasteiger partial charge in [-0.2, -0.15) is 0 Å². The van der Waals surface area contributed by atoms with Crippen LogP contribution >= 0.6 is 0 Å². The van der Waals surface area contributed by atoms with E-state index in [4.69, 9.17) is 0 Å². The number of aryl methyl sites for hydroxylation is 2. The van der Waals surface area contributed by atoms with Gasteiger partial charge in [-0.3, -0.25) is 0 Å². The Kier molecular flexibility index (Phi) is 9.93. The Labute approximate surface area is 244 Å². The fourth-order valence-electron chi connectivity index (χ4n) is 7.18. The number of likely N-dealkylation sites (N-methyl/N-ethyl adjacent to an activating group) is 2. The zero-order chi connectivity index (χ0) is 28.2. The van der Waals surface area contributed by atoms with Crippen LogP contribution in [0.4, 0.5) is 0 Å². The monoisotopic (exact) mass is 548 g/mol. The van der Waals surface area contributed by atoms with Crippen LogP contribution in [0.2, 0.25) is 0 Å². The smallest absolute Gasteiger partial charge is 0.0444 e. The van der Waals surface area contributed by atoms with Gasteiger partial charge >= 0.3 is 0 Å². The number of nitrogens with zero attached hydrogens (tertiary/aromatic N) is 4. The Balaban J connectivity index is 1.21. The topological polar surface area (TPSA) is 44.5 Å². The van der Waals surface area contributed by atoms with E-state index < -0.39 is 0 Å². The zero-order valence-corrected chi connectivity index (χ0v) is 26.5. The molecule has 40 heavy (non-hydrogen) atoms. The lowest BCUT2D eigenvalue weighted by molar-refractivity contribution is 0.153. The summed E-state index contributed by atoms with van der Waals surface area (Å²) in [4.78, 5) is 18.0. The highest BCUT2D eigenvalue weighted by Crippen LogP contribution is 2.39. The number of hydrogen-bond donors (Lipinski definition) is 2. The van der Waals surface area contributed by atoms with E-state index in [1.54, 1.807) is 0 Å². The minimum atomic E-state index is 0.498. The number of H-pyrrole nitrogens is 2. The largest absolute Gasteiger partial charge is 0.361 e. The molecule has 1 unspecified atom stereocenters. The first-order valence-corrected chi connectivity index (χ1v) is 16.2. The first-order valence-electron chi connectivity index (χ1n) is 16.2. The van der Waals surface area contributed by atoms with Crippen molar-refractivity contribution in [1.82, 2.24) is 29.6 Å². The second-order valence-electron chi connectivity index (χ2n) is 13.2. The van der Waals surface area contributed by atoms with Crippen LogP contribution in [0.3, 0.4) is 0 Å². The Bertz CT molecular complexity index is 1140. The molecule has 0 radical (unpaired) electrons. The minimum absolute atomic E-state index is 0.498. The van der Waals surface area contributed by atoms with Crippen LogP contribution < -0.4 is 0 Å². The normalized spacial score (nSPS) is 22.2. The lowest BCUT2D eigenvalue weighted by atomic mass is 9.85. The van der Waals surface area contributed by atoms with E-state index in [1.807, 2.05) is 0 Å². The highest BCUT2D eigenvalue weighted by molar-refractivity contribution is 5.69. The van der Waals surface area contributed by atoms with Crippen LogP contribution in [-0.2, 0) is 12.8 Å². The number of piperazine rings is 2. The van der Waals surface area contributed by atoms with Crippen LogP contribution in [0, 0.1) is 27.7 Å². The maximum absolute atomic E-state index is 3.94. The summed E-state index contributed by atoms with van der Waals surface area (Å²) in [5.41, 5.74) is 13.3. The second-order valence-corrected chi connectivity index (χ2v) is 13.2. The number of nitrogens with one attached hydrogen (secondary N) is 2. The summed E-state index contributed by atoms with van der Waals surface area (Å²) in [5, 5.41) is 0. The molecule has 0 aromatic carbocycles. The summed E-state index contributed by atoms with van der Waals surface area (Å²) in [6.07, 6.45) is 11.1. The molecule has 2 fully saturated rings. The molecule has 2 aliphatic heterocycles. The van der Waals surface area contributed by atoms with Crippen LogP contribution in [-0.4, -0.2) is 109 Å². The van der Waals surface area contributed by atoms with Crippen LogP contribution in [0.1, 0.15) is 83.1 Å². The molecule has 222 valence electrons. The van der Waals surface area contributed by atoms with E-state index in [1.165, 1.54) is 148 Å². The van der Waals surface area contributed by atoms with E-state index in [-0.39, 0.29) is 0 Å². The molecule has 6 nitrogen and oxygen atoms in total. The molecule has 4 heterocycles. The van der Waals surface area contributed by atoms with Gasteiger partial charge < -0.3 is 29.6 Å². The van der Waals surface area contributed by atoms with E-state index in [0.29, 0.717) is 5.92 Å². The van der Waals surface area contributed by atoms with Crippen molar-refractivity contribution in [2.45, 2.75) is 78.6 Å². The Morgan fingerprint density at radius 3 is 1.77 bits per heavy atom. The summed E-state index contributed by atoms with van der Waals surface area (Å²) in [5.74, 6) is 0.498. The van der Waals surface area contributed by atoms with Gasteiger partial charge in [-0.15, -0.1) is 0 Å². The number of rotatable bonds is 10. The maximum Gasteiger partial charge on any atom is 0.0444 e. The van der Waals surface area contributed by atoms with Crippen LogP contribution in [0.25, 0.3) is 5.57 Å². The van der Waals surface area contributed by atoms with Crippen molar-refractivity contribution in [2.24, 2.45) is 0 Å². The summed E-state index contributed by atoms with van der Waals surface area (Å²) >= 11 is 0. The third kappa shape index (κ3) is 6.95. The second kappa shape index (κ2) is 13.4. The fraction of sp³-hybridized carbons (Fsp3) is 0.706. The van der Waals surface area contributed by atoms with Gasteiger partial charge in [0.15, 0.2) is 0 Å². The van der Waals surface area contributed by atoms with Gasteiger partial charge in [-0.1, -0.05) is 6.08 Å². The highest BCUT2D eigenvalue weighted by Gasteiger charge is 2.24. The molecule has 2 aromatic heterocycles. The molecule has 2 saturated heterocycles. The minimum Gasteiger partial charge on any atom is -0.361 e. The molecule has 3 aliphatic rings. The zero-order valence-electron chi connectivity index (χ0n) is 26.5. The van der Waals surface area contributed by atoms with Gasteiger partial charge in [0, 0.05) is 81.1 Å². The SMILES string of the molecule is Cc1c(CCCN2CCN(C)CC2)[nH]c(C2=CC(c3[nH]c(CCCN4CCN(C)CC4)c(C)c3C)CCC2)c1C. The van der Waals surface area contributed by atoms with E-state index >= 15 is 0 Å². The number of aromatic nitrogens is 2. The lowest BCUT2D eigenvalue weighted by Crippen LogP contribution is -2.44. The van der Waals surface area contributed by atoms with Gasteiger partial charge in [0.25, 0.3) is 0 Å². The molecular weight excluding hydrogens is 492 g/mol. The van der Waals surface area contributed by atoms with Crippen molar-refractivity contribution in [3.8, 4) is 0 Å². The van der Waals surface area contributed by atoms with Gasteiger partial charge in [0.05, 0.1) is 0 Å². The van der Waals surface area contributed by atoms with Crippen LogP contribution in [0.15, 0.2) is 6.08 Å². The standard InChI is InChI=1S/C34H56N6/c1-25-27(3)33(35-31(25)12-8-14-39-20-16-37(5)17-21-39)29-10-7-11-30(24-29)34-28(4)26(2)32(36-34)13-9-15-40-22-18-38(6)19-23-40/h24,29,35-36H,7-23H2,1-6H3. The average Bonchev–Trinajstić information content (AvgIpc) is 3.41. The summed E-state index contributed by atoms with van der Waals surface area (Å²) < 4.78 is 0. The van der Waals surface area contributed by atoms with Gasteiger partial charge in [-0.25, -0.2) is 0 Å². The summed E-state index contributed by atoms with van der Waals surface area (Å²) in [7, 11) is 4.48. The molecule has 1 atom stereocenters. The lowest BCUT2D eigenvalue weighted by Gasteiger charge is -2.32. The first-order chi connectivity index (χ1) is 19.3. The van der Waals surface area contributed by atoms with Gasteiger partial charge in [-0.05, 0) is 128 Å². The molecule has 1 aliphatic carbocycles. The molecule has 0 amide bonds. The quantitative estimate of drug-likeness (QED) is 0.424. The molecule has 6 heteroatoms. The van der Waals surface area contributed by atoms with Crippen molar-refractivity contribution < 1.29 is 0 Å². The Morgan fingerprint density at radius 1 is 0.675 bits per heavy atom. The number of hydrogen-bond acceptors (Lipinski definition) is 4. The average molecular weight is 549 g/mol. The molecule has 0 spiro atoms. The molecule has 5 rings (SSSR count). The molecule has 2 N–H and O–H groups in total. The third-order valence-electron chi connectivity index (χ3n) is 10.4. The van der Waals surface area contributed by atoms with Gasteiger partial charge in [0.1, 0.15) is 0 Å². The predicted octanol–water partition coefficient (Wildman–Crippen LogP) is 5.29. The number of allylic oxidation sites excluding steroid dienone is 2. The third-order valence-corrected chi connectivity index (χ3v) is 10.4. The molecular formula is C34H56N6. The van der Waals surface area contributed by atoms with E-state index in [2.05, 4.69) is 77.4 Å². The van der Waals surface area contributed by atoms with E-state index in [9.17, 15) is 0 Å². The van der Waals surface area contributed by atoms with E-state index in [0.717, 1.165) is 12.8 Å². The van der Waals surface area contributed by atoms with Crippen molar-refractivity contribution in [1.29, 1.82) is 0 Å². The molecule has 2 aromatic rings. The van der Waals surface area contributed by atoms with Crippen molar-refractivity contribution in [3.05, 3.63) is 51.1 Å². The first kappa shape index (κ1) is 29.6.